The highest BCUT2D eigenvalue weighted by molar-refractivity contribution is 6.30. The minimum Gasteiger partial charge on any atom is -0.326 e. The third-order valence-corrected chi connectivity index (χ3v) is 3.33. The van der Waals surface area contributed by atoms with E-state index in [0.29, 0.717) is 22.5 Å². The Labute approximate surface area is 125 Å². The molecule has 0 fully saturated rings. The van der Waals surface area contributed by atoms with E-state index >= 15 is 0 Å². The molecule has 1 unspecified atom stereocenters. The number of hydrogen-bond donors (Lipinski definition) is 2. The van der Waals surface area contributed by atoms with Crippen LogP contribution in [0, 0.1) is 6.92 Å². The molecular weight excluding hydrogens is 294 g/mol. The van der Waals surface area contributed by atoms with Crippen LogP contribution in [0.5, 0.6) is 0 Å². The molecule has 0 saturated carbocycles. The quantitative estimate of drug-likeness (QED) is 0.904. The predicted octanol–water partition coefficient (Wildman–Crippen LogP) is 1.76. The molecule has 2 heterocycles. The maximum absolute atomic E-state index is 12.0. The molecule has 0 radical (unpaired) electrons. The molecular formula is C13H12ClN5O2. The van der Waals surface area contributed by atoms with Crippen molar-refractivity contribution in [1.82, 2.24) is 14.8 Å². The molecule has 8 heteroatoms. The van der Waals surface area contributed by atoms with Gasteiger partial charge in [0.25, 0.3) is 5.91 Å². The fourth-order valence-electron chi connectivity index (χ4n) is 2.14. The molecule has 1 aliphatic rings. The molecule has 7 nitrogen and oxygen atoms in total. The molecule has 1 aromatic carbocycles. The van der Waals surface area contributed by atoms with Gasteiger partial charge in [0.2, 0.25) is 11.9 Å². The Morgan fingerprint density at radius 2 is 2.14 bits per heavy atom. The Balaban J connectivity index is 1.70. The van der Waals surface area contributed by atoms with E-state index in [1.165, 1.54) is 4.68 Å². The molecule has 0 aliphatic carbocycles. The number of amides is 2. The monoisotopic (exact) mass is 305 g/mol. The third-order valence-electron chi connectivity index (χ3n) is 3.08. The van der Waals surface area contributed by atoms with Gasteiger partial charge in [0.1, 0.15) is 11.9 Å². The lowest BCUT2D eigenvalue weighted by atomic mass is 10.2. The van der Waals surface area contributed by atoms with Crippen molar-refractivity contribution in [3.05, 3.63) is 35.1 Å². The van der Waals surface area contributed by atoms with Crippen molar-refractivity contribution < 1.29 is 9.59 Å². The molecule has 108 valence electrons. The number of carbonyl (C=O) groups excluding carboxylic acids is 2. The number of benzene rings is 1. The molecule has 0 saturated heterocycles. The summed E-state index contributed by atoms with van der Waals surface area (Å²) in [6.07, 6.45) is -0.00966. The highest BCUT2D eigenvalue weighted by Gasteiger charge is 2.34. The number of anilines is 2. The van der Waals surface area contributed by atoms with Crippen molar-refractivity contribution in [2.75, 3.05) is 10.6 Å². The molecule has 21 heavy (non-hydrogen) atoms. The average Bonchev–Trinajstić information content (AvgIpc) is 2.90. The van der Waals surface area contributed by atoms with Gasteiger partial charge in [-0.2, -0.15) is 10.1 Å². The van der Waals surface area contributed by atoms with E-state index in [9.17, 15) is 9.59 Å². The van der Waals surface area contributed by atoms with Gasteiger partial charge in [-0.05, 0) is 31.2 Å². The second-order valence-electron chi connectivity index (χ2n) is 4.69. The molecule has 0 bridgehead atoms. The molecule has 1 aliphatic heterocycles. The van der Waals surface area contributed by atoms with Gasteiger partial charge >= 0.3 is 0 Å². The zero-order valence-corrected chi connectivity index (χ0v) is 11.9. The maximum Gasteiger partial charge on any atom is 0.252 e. The van der Waals surface area contributed by atoms with Crippen molar-refractivity contribution in [2.45, 2.75) is 19.4 Å². The predicted molar refractivity (Wildman–Crippen MR) is 77.1 cm³/mol. The van der Waals surface area contributed by atoms with Gasteiger partial charge in [0, 0.05) is 10.7 Å². The Morgan fingerprint density at radius 3 is 2.86 bits per heavy atom. The van der Waals surface area contributed by atoms with Crippen LogP contribution in [-0.4, -0.2) is 26.6 Å². The van der Waals surface area contributed by atoms with Crippen LogP contribution in [0.4, 0.5) is 11.6 Å². The summed E-state index contributed by atoms with van der Waals surface area (Å²) in [7, 11) is 0. The summed E-state index contributed by atoms with van der Waals surface area (Å²) < 4.78 is 1.44. The SMILES string of the molecule is Cc1nc2n(n1)C(CC(=O)Nc1ccc(Cl)cc1)C(=O)N2. The minimum absolute atomic E-state index is 0.00966. The molecule has 2 aromatic rings. The number of carbonyl (C=O) groups is 2. The van der Waals surface area contributed by atoms with Crippen LogP contribution >= 0.6 is 11.6 Å². The van der Waals surface area contributed by atoms with E-state index in [4.69, 9.17) is 11.6 Å². The van der Waals surface area contributed by atoms with Gasteiger partial charge in [-0.1, -0.05) is 11.6 Å². The second-order valence-corrected chi connectivity index (χ2v) is 5.13. The van der Waals surface area contributed by atoms with Crippen LogP contribution in [0.2, 0.25) is 5.02 Å². The maximum atomic E-state index is 12.0. The molecule has 0 spiro atoms. The van der Waals surface area contributed by atoms with Crippen molar-refractivity contribution >= 4 is 35.1 Å². The summed E-state index contributed by atoms with van der Waals surface area (Å²) in [5.74, 6) is 0.365. The number of nitrogens with one attached hydrogen (secondary N) is 2. The molecule has 1 atom stereocenters. The van der Waals surface area contributed by atoms with Crippen LogP contribution in [-0.2, 0) is 9.59 Å². The zero-order valence-electron chi connectivity index (χ0n) is 11.1. The van der Waals surface area contributed by atoms with Crippen LogP contribution in [0.3, 0.4) is 0 Å². The van der Waals surface area contributed by atoms with E-state index < -0.39 is 6.04 Å². The topological polar surface area (TPSA) is 88.9 Å². The first-order valence-electron chi connectivity index (χ1n) is 6.32. The van der Waals surface area contributed by atoms with E-state index in [2.05, 4.69) is 20.7 Å². The average molecular weight is 306 g/mol. The fraction of sp³-hybridized carbons (Fsp3) is 0.231. The summed E-state index contributed by atoms with van der Waals surface area (Å²) in [6, 6.07) is 6.07. The minimum atomic E-state index is -0.673. The highest BCUT2D eigenvalue weighted by atomic mass is 35.5. The number of hydrogen-bond acceptors (Lipinski definition) is 4. The first-order chi connectivity index (χ1) is 10.0. The second kappa shape index (κ2) is 5.17. The summed E-state index contributed by atoms with van der Waals surface area (Å²) in [5.41, 5.74) is 0.623. The first-order valence-corrected chi connectivity index (χ1v) is 6.70. The summed E-state index contributed by atoms with van der Waals surface area (Å²) >= 11 is 5.78. The lowest BCUT2D eigenvalue weighted by Gasteiger charge is -2.09. The Bertz CT molecular complexity index is 710. The lowest BCUT2D eigenvalue weighted by molar-refractivity contribution is -0.123. The molecule has 2 amide bonds. The van der Waals surface area contributed by atoms with Gasteiger partial charge in [-0.15, -0.1) is 0 Å². The van der Waals surface area contributed by atoms with Crippen molar-refractivity contribution in [1.29, 1.82) is 0 Å². The van der Waals surface area contributed by atoms with Crippen LogP contribution in [0.15, 0.2) is 24.3 Å². The number of rotatable bonds is 3. The Kier molecular flexibility index (Phi) is 3.34. The van der Waals surface area contributed by atoms with Gasteiger partial charge in [0.15, 0.2) is 0 Å². The number of nitrogens with zero attached hydrogens (tertiary/aromatic N) is 3. The van der Waals surface area contributed by atoms with Crippen LogP contribution < -0.4 is 10.6 Å². The van der Waals surface area contributed by atoms with E-state index in [-0.39, 0.29) is 18.2 Å². The summed E-state index contributed by atoms with van der Waals surface area (Å²) in [6.45, 7) is 1.72. The highest BCUT2D eigenvalue weighted by Crippen LogP contribution is 2.25. The Hall–Kier alpha value is -2.41. The Morgan fingerprint density at radius 1 is 1.43 bits per heavy atom. The summed E-state index contributed by atoms with van der Waals surface area (Å²) in [5, 5.41) is 10.0. The van der Waals surface area contributed by atoms with E-state index in [1.807, 2.05) is 0 Å². The third kappa shape index (κ3) is 2.73. The fourth-order valence-corrected chi connectivity index (χ4v) is 2.26. The molecule has 2 N–H and O–H groups in total. The summed E-state index contributed by atoms with van der Waals surface area (Å²) in [4.78, 5) is 27.9. The van der Waals surface area contributed by atoms with Crippen LogP contribution in [0.1, 0.15) is 18.3 Å². The van der Waals surface area contributed by atoms with Gasteiger partial charge in [0.05, 0.1) is 6.42 Å². The van der Waals surface area contributed by atoms with Crippen molar-refractivity contribution in [3.8, 4) is 0 Å². The number of halogens is 1. The lowest BCUT2D eigenvalue weighted by Crippen LogP contribution is -2.23. The van der Waals surface area contributed by atoms with Crippen molar-refractivity contribution in [3.63, 3.8) is 0 Å². The largest absolute Gasteiger partial charge is 0.326 e. The molecule has 1 aromatic heterocycles. The van der Waals surface area contributed by atoms with Crippen molar-refractivity contribution in [2.24, 2.45) is 0 Å². The smallest absolute Gasteiger partial charge is 0.252 e. The van der Waals surface area contributed by atoms with E-state index in [0.717, 1.165) is 0 Å². The number of aryl methyl sites for hydroxylation is 1. The normalized spacial score (nSPS) is 16.5. The standard InChI is InChI=1S/C13H12ClN5O2/c1-7-15-13-17-12(21)10(19(13)18-7)6-11(20)16-9-4-2-8(14)3-5-9/h2-5,10H,6H2,1H3,(H,16,20)(H,15,17,18,21). The number of aromatic nitrogens is 3. The zero-order chi connectivity index (χ0) is 15.0. The van der Waals surface area contributed by atoms with E-state index in [1.54, 1.807) is 31.2 Å². The van der Waals surface area contributed by atoms with Gasteiger partial charge in [-0.25, -0.2) is 4.68 Å². The van der Waals surface area contributed by atoms with Gasteiger partial charge < -0.3 is 5.32 Å². The first kappa shape index (κ1) is 13.6. The van der Waals surface area contributed by atoms with Gasteiger partial charge in [-0.3, -0.25) is 14.9 Å². The molecule has 3 rings (SSSR count). The van der Waals surface area contributed by atoms with Crippen LogP contribution in [0.25, 0.3) is 0 Å². The number of fused-ring (bicyclic) bond motifs is 1.